The maximum Gasteiger partial charge on any atom is 0.300 e. The molecule has 0 saturated carbocycles. The van der Waals surface area contributed by atoms with Crippen LogP contribution in [0, 0.1) is 0 Å². The van der Waals surface area contributed by atoms with Crippen LogP contribution in [0.25, 0.3) is 0 Å². The standard InChI is InChI=1S/C2H8N2.3C2H4O2/c3-1-2-4;3*1-2(3)4/h1-4H2;3*1H3,(H,3,4). The van der Waals surface area contributed by atoms with Gasteiger partial charge in [0, 0.05) is 33.9 Å². The molecule has 0 aromatic carbocycles. The number of hydrogen-bond acceptors (Lipinski definition) is 5. The summed E-state index contributed by atoms with van der Waals surface area (Å²) in [6.07, 6.45) is 0. The number of hydrogen-bond donors (Lipinski definition) is 5. The molecule has 0 heterocycles. The van der Waals surface area contributed by atoms with Crippen LogP contribution in [-0.4, -0.2) is 46.3 Å². The highest BCUT2D eigenvalue weighted by Gasteiger charge is 1.66. The quantitative estimate of drug-likeness (QED) is 0.396. The van der Waals surface area contributed by atoms with Gasteiger partial charge >= 0.3 is 0 Å². The van der Waals surface area contributed by atoms with Gasteiger partial charge in [-0.2, -0.15) is 0 Å². The Morgan fingerprint density at radius 2 is 0.812 bits per heavy atom. The highest BCUT2D eigenvalue weighted by molar-refractivity contribution is 5.63. The van der Waals surface area contributed by atoms with Crippen molar-refractivity contribution in [2.75, 3.05) is 13.1 Å². The zero-order valence-electron chi connectivity index (χ0n) is 9.64. The summed E-state index contributed by atoms with van der Waals surface area (Å²) in [4.78, 5) is 27.0. The molecule has 0 aliphatic carbocycles. The molecule has 0 amide bonds. The van der Waals surface area contributed by atoms with Crippen molar-refractivity contribution in [3.05, 3.63) is 0 Å². The maximum absolute atomic E-state index is 9.00. The van der Waals surface area contributed by atoms with Gasteiger partial charge in [0.05, 0.1) is 0 Å². The molecule has 0 radical (unpaired) electrons. The fourth-order valence-electron chi connectivity index (χ4n) is 0. The van der Waals surface area contributed by atoms with E-state index in [1.165, 1.54) is 0 Å². The smallest absolute Gasteiger partial charge is 0.300 e. The topological polar surface area (TPSA) is 164 Å². The molecule has 0 aliphatic rings. The summed E-state index contributed by atoms with van der Waals surface area (Å²) in [6, 6.07) is 0. The van der Waals surface area contributed by atoms with Gasteiger partial charge in [-0.05, 0) is 0 Å². The Morgan fingerprint density at radius 3 is 0.812 bits per heavy atom. The molecule has 0 fully saturated rings. The van der Waals surface area contributed by atoms with Gasteiger partial charge in [0.15, 0.2) is 0 Å². The molecule has 98 valence electrons. The fourth-order valence-corrected chi connectivity index (χ4v) is 0. The first-order chi connectivity index (χ1) is 7.11. The number of rotatable bonds is 1. The Morgan fingerprint density at radius 1 is 0.750 bits per heavy atom. The lowest BCUT2D eigenvalue weighted by Crippen LogP contribution is -2.11. The lowest BCUT2D eigenvalue weighted by Gasteiger charge is -1.72. The van der Waals surface area contributed by atoms with E-state index < -0.39 is 17.9 Å². The third kappa shape index (κ3) is 3530. The van der Waals surface area contributed by atoms with E-state index in [0.29, 0.717) is 13.1 Å². The second-order valence-corrected chi connectivity index (χ2v) is 2.13. The van der Waals surface area contributed by atoms with Gasteiger partial charge in [0.2, 0.25) is 0 Å². The third-order valence-corrected chi connectivity index (χ3v) is 0.167. The largest absolute Gasteiger partial charge is 0.481 e. The van der Waals surface area contributed by atoms with Crippen LogP contribution >= 0.6 is 0 Å². The van der Waals surface area contributed by atoms with E-state index in [-0.39, 0.29) is 0 Å². The van der Waals surface area contributed by atoms with Crippen molar-refractivity contribution in [2.45, 2.75) is 20.8 Å². The molecule has 16 heavy (non-hydrogen) atoms. The van der Waals surface area contributed by atoms with E-state index in [0.717, 1.165) is 20.8 Å². The van der Waals surface area contributed by atoms with Crippen LogP contribution in [0.5, 0.6) is 0 Å². The maximum atomic E-state index is 9.00. The monoisotopic (exact) mass is 240 g/mol. The first-order valence-electron chi connectivity index (χ1n) is 4.10. The summed E-state index contributed by atoms with van der Waals surface area (Å²) in [5, 5.41) is 22.2. The first kappa shape index (κ1) is 23.9. The Hall–Kier alpha value is -1.67. The Kier molecular flexibility index (Phi) is 34.7. The molecule has 0 saturated heterocycles. The van der Waals surface area contributed by atoms with Gasteiger partial charge in [-0.15, -0.1) is 0 Å². The second-order valence-electron chi connectivity index (χ2n) is 2.13. The summed E-state index contributed by atoms with van der Waals surface area (Å²) < 4.78 is 0. The lowest BCUT2D eigenvalue weighted by atomic mass is 10.7. The number of nitrogens with two attached hydrogens (primary N) is 2. The van der Waals surface area contributed by atoms with Crippen LogP contribution in [0.4, 0.5) is 0 Å². The number of carboxylic acids is 3. The summed E-state index contributed by atoms with van der Waals surface area (Å²) in [7, 11) is 0. The molecular formula is C8H20N2O6. The summed E-state index contributed by atoms with van der Waals surface area (Å²) in [5.74, 6) is -2.50. The zero-order valence-corrected chi connectivity index (χ0v) is 9.64. The normalized spacial score (nSPS) is 6.56. The van der Waals surface area contributed by atoms with E-state index in [1.54, 1.807) is 0 Å². The van der Waals surface area contributed by atoms with E-state index >= 15 is 0 Å². The van der Waals surface area contributed by atoms with E-state index in [9.17, 15) is 0 Å². The number of carbonyl (C=O) groups is 3. The molecule has 0 atom stereocenters. The van der Waals surface area contributed by atoms with Gasteiger partial charge in [0.1, 0.15) is 0 Å². The lowest BCUT2D eigenvalue weighted by molar-refractivity contribution is -0.135. The number of aliphatic carboxylic acids is 3. The minimum absolute atomic E-state index is 0.597. The van der Waals surface area contributed by atoms with Crippen molar-refractivity contribution in [2.24, 2.45) is 11.5 Å². The molecule has 0 spiro atoms. The summed E-state index contributed by atoms with van der Waals surface area (Å²) in [5.41, 5.74) is 9.81. The molecule has 0 bridgehead atoms. The minimum atomic E-state index is -0.833. The van der Waals surface area contributed by atoms with Crippen molar-refractivity contribution in [3.63, 3.8) is 0 Å². The molecular weight excluding hydrogens is 220 g/mol. The minimum Gasteiger partial charge on any atom is -0.481 e. The molecule has 8 nitrogen and oxygen atoms in total. The molecule has 7 N–H and O–H groups in total. The zero-order chi connectivity index (χ0) is 14.1. The van der Waals surface area contributed by atoms with Crippen LogP contribution in [0.1, 0.15) is 20.8 Å². The average Bonchev–Trinajstić information content (AvgIpc) is 2.00. The second kappa shape index (κ2) is 23.3. The van der Waals surface area contributed by atoms with Crippen molar-refractivity contribution in [1.82, 2.24) is 0 Å². The van der Waals surface area contributed by atoms with Gasteiger partial charge in [-0.1, -0.05) is 0 Å². The molecule has 0 aliphatic heterocycles. The van der Waals surface area contributed by atoms with Crippen molar-refractivity contribution < 1.29 is 29.7 Å². The van der Waals surface area contributed by atoms with E-state index in [2.05, 4.69) is 0 Å². The van der Waals surface area contributed by atoms with Crippen LogP contribution in [0.3, 0.4) is 0 Å². The van der Waals surface area contributed by atoms with E-state index in [4.69, 9.17) is 41.2 Å². The predicted octanol–water partition coefficient (Wildman–Crippen LogP) is -0.823. The Labute approximate surface area is 93.9 Å². The fraction of sp³-hybridized carbons (Fsp3) is 0.625. The summed E-state index contributed by atoms with van der Waals surface area (Å²) >= 11 is 0. The molecule has 0 aromatic heterocycles. The SMILES string of the molecule is CC(=O)O.CC(=O)O.CC(=O)O.NCCN. The van der Waals surface area contributed by atoms with E-state index in [1.807, 2.05) is 0 Å². The van der Waals surface area contributed by atoms with Crippen molar-refractivity contribution in [3.8, 4) is 0 Å². The van der Waals surface area contributed by atoms with Gasteiger partial charge in [-0.25, -0.2) is 0 Å². The molecule has 0 aromatic rings. The highest BCUT2D eigenvalue weighted by atomic mass is 16.4. The van der Waals surface area contributed by atoms with Crippen LogP contribution in [-0.2, 0) is 14.4 Å². The van der Waals surface area contributed by atoms with Crippen LogP contribution in [0.15, 0.2) is 0 Å². The Bertz CT molecular complexity index is 141. The van der Waals surface area contributed by atoms with Gasteiger partial charge in [0.25, 0.3) is 17.9 Å². The van der Waals surface area contributed by atoms with Gasteiger partial charge in [-0.3, -0.25) is 14.4 Å². The highest BCUT2D eigenvalue weighted by Crippen LogP contribution is 1.42. The van der Waals surface area contributed by atoms with Crippen LogP contribution in [0.2, 0.25) is 0 Å². The van der Waals surface area contributed by atoms with Crippen molar-refractivity contribution >= 4 is 17.9 Å². The summed E-state index contributed by atoms with van der Waals surface area (Å²) in [6.45, 7) is 4.44. The first-order valence-corrected chi connectivity index (χ1v) is 4.10. The predicted molar refractivity (Wildman–Crippen MR) is 58.0 cm³/mol. The van der Waals surface area contributed by atoms with Crippen LogP contribution < -0.4 is 11.5 Å². The third-order valence-electron chi connectivity index (χ3n) is 0.167. The Balaban J connectivity index is -0.0000000600. The molecule has 0 unspecified atom stereocenters. The van der Waals surface area contributed by atoms with Crippen molar-refractivity contribution in [1.29, 1.82) is 0 Å². The number of carboxylic acid groups (broad SMARTS) is 3. The average molecular weight is 240 g/mol. The molecule has 0 rings (SSSR count). The molecule has 8 heteroatoms. The van der Waals surface area contributed by atoms with Gasteiger partial charge < -0.3 is 26.8 Å².